The standard InChI is InChI=1S/C9H8ClN3OS/c1-5(14)12-9-13(11)7-3-2-6(10)4-8(7)15-9/h2-4H,11H2,1H3. The van der Waals surface area contributed by atoms with Crippen molar-refractivity contribution in [3.63, 3.8) is 0 Å². The van der Waals surface area contributed by atoms with Crippen LogP contribution in [0.3, 0.4) is 0 Å². The average Bonchev–Trinajstić information content (AvgIpc) is 2.42. The fourth-order valence-corrected chi connectivity index (χ4v) is 2.49. The Morgan fingerprint density at radius 2 is 2.33 bits per heavy atom. The second kappa shape index (κ2) is 3.67. The first-order chi connectivity index (χ1) is 7.08. The summed E-state index contributed by atoms with van der Waals surface area (Å²) in [6, 6.07) is 5.34. The van der Waals surface area contributed by atoms with E-state index in [-0.39, 0.29) is 5.91 Å². The number of hydrogen-bond donors (Lipinski definition) is 1. The predicted octanol–water partition coefficient (Wildman–Crippen LogP) is 1.52. The Morgan fingerprint density at radius 3 is 3.00 bits per heavy atom. The highest BCUT2D eigenvalue weighted by Gasteiger charge is 2.04. The van der Waals surface area contributed by atoms with Crippen molar-refractivity contribution in [3.8, 4) is 0 Å². The quantitative estimate of drug-likeness (QED) is 0.711. The lowest BCUT2D eigenvalue weighted by atomic mass is 10.3. The molecule has 78 valence electrons. The van der Waals surface area contributed by atoms with E-state index in [4.69, 9.17) is 17.4 Å². The third-order valence-corrected chi connectivity index (χ3v) is 3.09. The minimum Gasteiger partial charge on any atom is -0.337 e. The van der Waals surface area contributed by atoms with Crippen LogP contribution in [0.4, 0.5) is 0 Å². The summed E-state index contributed by atoms with van der Waals surface area (Å²) < 4.78 is 2.29. The Bertz CT molecular complexity index is 599. The van der Waals surface area contributed by atoms with E-state index in [0.717, 1.165) is 10.2 Å². The van der Waals surface area contributed by atoms with Gasteiger partial charge in [0.15, 0.2) is 0 Å². The maximum absolute atomic E-state index is 10.9. The van der Waals surface area contributed by atoms with Crippen molar-refractivity contribution < 1.29 is 4.79 Å². The molecule has 0 atom stereocenters. The first-order valence-corrected chi connectivity index (χ1v) is 5.39. The summed E-state index contributed by atoms with van der Waals surface area (Å²) in [5.41, 5.74) is 0.810. The number of carbonyl (C=O) groups excluding carboxylic acids is 1. The Hall–Kier alpha value is -1.33. The third-order valence-electron chi connectivity index (χ3n) is 1.84. The van der Waals surface area contributed by atoms with Crippen LogP contribution in [-0.2, 0) is 4.79 Å². The minimum atomic E-state index is -0.271. The maximum Gasteiger partial charge on any atom is 0.245 e. The van der Waals surface area contributed by atoms with Gasteiger partial charge in [0.25, 0.3) is 0 Å². The van der Waals surface area contributed by atoms with Crippen LogP contribution in [0.2, 0.25) is 5.02 Å². The van der Waals surface area contributed by atoms with E-state index >= 15 is 0 Å². The largest absolute Gasteiger partial charge is 0.337 e. The molecule has 0 saturated heterocycles. The molecule has 1 heterocycles. The number of benzene rings is 1. The summed E-state index contributed by atoms with van der Waals surface area (Å²) in [5.74, 6) is 5.50. The minimum absolute atomic E-state index is 0.271. The number of rotatable bonds is 0. The van der Waals surface area contributed by atoms with Crippen LogP contribution < -0.4 is 10.6 Å². The molecule has 0 fully saturated rings. The molecule has 0 radical (unpaired) electrons. The number of carbonyl (C=O) groups is 1. The number of nitrogen functional groups attached to an aromatic ring is 1. The monoisotopic (exact) mass is 241 g/mol. The number of thiazole rings is 1. The van der Waals surface area contributed by atoms with Gasteiger partial charge in [-0.3, -0.25) is 4.79 Å². The first-order valence-electron chi connectivity index (χ1n) is 4.19. The molecular formula is C9H8ClN3OS. The zero-order chi connectivity index (χ0) is 11.0. The predicted molar refractivity (Wildman–Crippen MR) is 61.2 cm³/mol. The number of amides is 1. The molecule has 0 bridgehead atoms. The van der Waals surface area contributed by atoms with Gasteiger partial charge in [0.1, 0.15) is 0 Å². The van der Waals surface area contributed by atoms with E-state index in [1.165, 1.54) is 22.9 Å². The Balaban J connectivity index is 2.80. The molecule has 2 aromatic rings. The summed E-state index contributed by atoms with van der Waals surface area (Å²) in [4.78, 5) is 15.1. The van der Waals surface area contributed by atoms with Crippen molar-refractivity contribution in [3.05, 3.63) is 28.0 Å². The van der Waals surface area contributed by atoms with Crippen LogP contribution >= 0.6 is 22.9 Å². The van der Waals surface area contributed by atoms with Crippen LogP contribution in [-0.4, -0.2) is 10.6 Å². The Kier molecular flexibility index (Phi) is 2.50. The maximum atomic E-state index is 10.9. The molecule has 0 unspecified atom stereocenters. The highest BCUT2D eigenvalue weighted by atomic mass is 35.5. The summed E-state index contributed by atoms with van der Waals surface area (Å²) in [5, 5.41) is 0.638. The fraction of sp³-hybridized carbons (Fsp3) is 0.111. The molecule has 0 aliphatic carbocycles. The van der Waals surface area contributed by atoms with Crippen LogP contribution in [0.25, 0.3) is 10.2 Å². The van der Waals surface area contributed by atoms with Crippen LogP contribution in [0, 0.1) is 0 Å². The summed E-state index contributed by atoms with van der Waals surface area (Å²) in [6.07, 6.45) is 0. The fourth-order valence-electron chi connectivity index (χ4n) is 1.23. The van der Waals surface area contributed by atoms with Crippen LogP contribution in [0.1, 0.15) is 6.92 Å². The molecule has 0 spiro atoms. The van der Waals surface area contributed by atoms with E-state index in [2.05, 4.69) is 4.99 Å². The van der Waals surface area contributed by atoms with Crippen LogP contribution in [0.5, 0.6) is 0 Å². The second-order valence-corrected chi connectivity index (χ2v) is 4.44. The number of halogens is 1. The first kappa shape index (κ1) is 10.2. The lowest BCUT2D eigenvalue weighted by Gasteiger charge is -1.94. The molecule has 2 rings (SSSR count). The van der Waals surface area contributed by atoms with E-state index in [1.807, 2.05) is 0 Å². The lowest BCUT2D eigenvalue weighted by molar-refractivity contribution is -0.116. The van der Waals surface area contributed by atoms with Gasteiger partial charge in [-0.1, -0.05) is 22.9 Å². The number of nitrogens with zero attached hydrogens (tertiary/aromatic N) is 2. The third kappa shape index (κ3) is 1.88. The van der Waals surface area contributed by atoms with E-state index in [0.29, 0.717) is 9.82 Å². The SMILES string of the molecule is CC(=O)N=c1sc2cc(Cl)ccc2n1N. The molecule has 0 aliphatic heterocycles. The van der Waals surface area contributed by atoms with Crippen LogP contribution in [0.15, 0.2) is 23.2 Å². The van der Waals surface area contributed by atoms with Gasteiger partial charge in [-0.25, -0.2) is 4.68 Å². The molecule has 4 nitrogen and oxygen atoms in total. The Labute approximate surface area is 94.6 Å². The molecule has 15 heavy (non-hydrogen) atoms. The number of aromatic nitrogens is 1. The normalized spacial score (nSPS) is 12.3. The Morgan fingerprint density at radius 1 is 1.60 bits per heavy atom. The zero-order valence-corrected chi connectivity index (χ0v) is 9.47. The van der Waals surface area contributed by atoms with Gasteiger partial charge in [-0.15, -0.1) is 0 Å². The van der Waals surface area contributed by atoms with Crippen molar-refractivity contribution in [1.29, 1.82) is 0 Å². The summed E-state index contributed by atoms with van der Waals surface area (Å²) in [7, 11) is 0. The van der Waals surface area contributed by atoms with Gasteiger partial charge in [0, 0.05) is 11.9 Å². The zero-order valence-electron chi connectivity index (χ0n) is 7.90. The van der Waals surface area contributed by atoms with Crippen molar-refractivity contribution >= 4 is 39.1 Å². The highest BCUT2D eigenvalue weighted by Crippen LogP contribution is 2.20. The molecule has 0 aliphatic rings. The van der Waals surface area contributed by atoms with Crippen molar-refractivity contribution in [1.82, 2.24) is 4.68 Å². The second-order valence-electron chi connectivity index (χ2n) is 3.00. The van der Waals surface area contributed by atoms with E-state index in [9.17, 15) is 4.79 Å². The molecule has 1 amide bonds. The van der Waals surface area contributed by atoms with Gasteiger partial charge in [0.2, 0.25) is 10.7 Å². The number of fused-ring (bicyclic) bond motifs is 1. The topological polar surface area (TPSA) is 60.4 Å². The number of hydrogen-bond acceptors (Lipinski definition) is 3. The average molecular weight is 242 g/mol. The molecule has 6 heteroatoms. The van der Waals surface area contributed by atoms with Gasteiger partial charge in [-0.05, 0) is 18.2 Å². The molecule has 2 N–H and O–H groups in total. The van der Waals surface area contributed by atoms with Gasteiger partial charge in [-0.2, -0.15) is 4.99 Å². The highest BCUT2D eigenvalue weighted by molar-refractivity contribution is 7.16. The molecular weight excluding hydrogens is 234 g/mol. The number of nitrogens with two attached hydrogens (primary N) is 1. The van der Waals surface area contributed by atoms with Crippen molar-refractivity contribution in [2.24, 2.45) is 4.99 Å². The smallest absolute Gasteiger partial charge is 0.245 e. The summed E-state index contributed by atoms with van der Waals surface area (Å²) in [6.45, 7) is 1.39. The lowest BCUT2D eigenvalue weighted by Crippen LogP contribution is -2.23. The molecule has 1 aromatic heterocycles. The van der Waals surface area contributed by atoms with Gasteiger partial charge >= 0.3 is 0 Å². The van der Waals surface area contributed by atoms with E-state index < -0.39 is 0 Å². The van der Waals surface area contributed by atoms with Gasteiger partial charge in [0.05, 0.1) is 10.2 Å². The van der Waals surface area contributed by atoms with Gasteiger partial charge < -0.3 is 5.84 Å². The molecule has 1 aromatic carbocycles. The van der Waals surface area contributed by atoms with Crippen molar-refractivity contribution in [2.75, 3.05) is 5.84 Å². The van der Waals surface area contributed by atoms with Crippen molar-refractivity contribution in [2.45, 2.75) is 6.92 Å². The molecule has 0 saturated carbocycles. The van der Waals surface area contributed by atoms with E-state index in [1.54, 1.807) is 18.2 Å². The summed E-state index contributed by atoms with van der Waals surface area (Å²) >= 11 is 7.18.